The van der Waals surface area contributed by atoms with Crippen molar-refractivity contribution in [3.8, 4) is 11.5 Å². The molecule has 0 radical (unpaired) electrons. The predicted molar refractivity (Wildman–Crippen MR) is 102 cm³/mol. The van der Waals surface area contributed by atoms with Gasteiger partial charge in [-0.25, -0.2) is 8.42 Å². The molecule has 0 bridgehead atoms. The van der Waals surface area contributed by atoms with Crippen LogP contribution < -0.4 is 9.47 Å². The Morgan fingerprint density at radius 1 is 1.07 bits per heavy atom. The van der Waals surface area contributed by atoms with Crippen molar-refractivity contribution in [1.82, 2.24) is 4.31 Å². The number of methoxy groups -OCH3 is 2. The molecule has 0 spiro atoms. The largest absolute Gasteiger partial charge is 0.493 e. The Bertz CT molecular complexity index is 967. The van der Waals surface area contributed by atoms with E-state index in [0.717, 1.165) is 11.1 Å². The van der Waals surface area contributed by atoms with Gasteiger partial charge in [0.25, 0.3) is 0 Å². The maximum Gasteiger partial charge on any atom is 0.243 e. The third kappa shape index (κ3) is 3.44. The van der Waals surface area contributed by atoms with Gasteiger partial charge in [0.1, 0.15) is 0 Å². The molecule has 0 unspecified atom stereocenters. The number of hydrogen-bond donors (Lipinski definition) is 0. The molecule has 7 heteroatoms. The SMILES string of the molecule is COc1cc2c(cc1OC)[C@@H](C)N(S(=O)(=O)c1ccc(C(C)=O)cc1)CC2. The van der Waals surface area contributed by atoms with Gasteiger partial charge in [0, 0.05) is 18.2 Å². The second-order valence-electron chi connectivity index (χ2n) is 6.53. The molecule has 0 saturated carbocycles. The molecule has 0 aromatic heterocycles. The fraction of sp³-hybridized carbons (Fsp3) is 0.350. The zero-order valence-corrected chi connectivity index (χ0v) is 16.7. The van der Waals surface area contributed by atoms with Gasteiger partial charge in [0.2, 0.25) is 10.0 Å². The van der Waals surface area contributed by atoms with Crippen molar-refractivity contribution in [3.05, 3.63) is 53.1 Å². The van der Waals surface area contributed by atoms with E-state index < -0.39 is 10.0 Å². The fourth-order valence-electron chi connectivity index (χ4n) is 3.45. The summed E-state index contributed by atoms with van der Waals surface area (Å²) in [4.78, 5) is 11.6. The summed E-state index contributed by atoms with van der Waals surface area (Å²) >= 11 is 0. The Kier molecular flexibility index (Phi) is 5.26. The van der Waals surface area contributed by atoms with Crippen molar-refractivity contribution >= 4 is 15.8 Å². The molecule has 1 aliphatic heterocycles. The lowest BCUT2D eigenvalue weighted by molar-refractivity contribution is 0.101. The summed E-state index contributed by atoms with van der Waals surface area (Å²) in [6, 6.07) is 9.49. The summed E-state index contributed by atoms with van der Waals surface area (Å²) in [5.41, 5.74) is 2.45. The van der Waals surface area contributed by atoms with Gasteiger partial charge in [0.15, 0.2) is 17.3 Å². The highest BCUT2D eigenvalue weighted by molar-refractivity contribution is 7.89. The Morgan fingerprint density at radius 3 is 2.22 bits per heavy atom. The van der Waals surface area contributed by atoms with Crippen LogP contribution in [0.1, 0.15) is 41.4 Å². The Hall–Kier alpha value is -2.38. The molecule has 1 aliphatic rings. The van der Waals surface area contributed by atoms with Crippen LogP contribution in [-0.2, 0) is 16.4 Å². The van der Waals surface area contributed by atoms with Crippen molar-refractivity contribution in [2.75, 3.05) is 20.8 Å². The van der Waals surface area contributed by atoms with Gasteiger partial charge in [-0.3, -0.25) is 4.79 Å². The van der Waals surface area contributed by atoms with E-state index >= 15 is 0 Å². The number of ether oxygens (including phenoxy) is 2. The molecule has 6 nitrogen and oxygen atoms in total. The molecular weight excluding hydrogens is 366 g/mol. The zero-order valence-electron chi connectivity index (χ0n) is 15.9. The van der Waals surface area contributed by atoms with E-state index in [9.17, 15) is 13.2 Å². The van der Waals surface area contributed by atoms with E-state index in [0.29, 0.717) is 30.0 Å². The van der Waals surface area contributed by atoms with Gasteiger partial charge in [-0.1, -0.05) is 12.1 Å². The number of nitrogens with zero attached hydrogens (tertiary/aromatic N) is 1. The first-order valence-corrected chi connectivity index (χ1v) is 10.1. The lowest BCUT2D eigenvalue weighted by Gasteiger charge is -2.34. The second-order valence-corrected chi connectivity index (χ2v) is 8.42. The molecule has 0 fully saturated rings. The van der Waals surface area contributed by atoms with Crippen molar-refractivity contribution in [2.45, 2.75) is 31.2 Å². The van der Waals surface area contributed by atoms with Crippen LogP contribution in [0, 0.1) is 0 Å². The van der Waals surface area contributed by atoms with E-state index in [1.165, 1.54) is 23.4 Å². The number of ketones is 1. The standard InChI is InChI=1S/C20H23NO5S/c1-13-18-12-20(26-4)19(25-3)11-16(18)9-10-21(13)27(23,24)17-7-5-15(6-8-17)14(2)22/h5-8,11-13H,9-10H2,1-4H3/t13-/m1/s1. The maximum atomic E-state index is 13.2. The molecular formula is C20H23NO5S. The molecule has 0 saturated heterocycles. The van der Waals surface area contributed by atoms with Gasteiger partial charge < -0.3 is 9.47 Å². The van der Waals surface area contributed by atoms with Crippen LogP contribution in [0.4, 0.5) is 0 Å². The van der Waals surface area contributed by atoms with Gasteiger partial charge in [-0.05, 0) is 55.7 Å². The number of fused-ring (bicyclic) bond motifs is 1. The van der Waals surface area contributed by atoms with E-state index in [1.54, 1.807) is 26.4 Å². The number of hydrogen-bond acceptors (Lipinski definition) is 5. The molecule has 1 atom stereocenters. The Balaban J connectivity index is 1.98. The van der Waals surface area contributed by atoms with Crippen LogP contribution in [-0.4, -0.2) is 39.3 Å². The van der Waals surface area contributed by atoms with Gasteiger partial charge >= 0.3 is 0 Å². The minimum absolute atomic E-state index is 0.0970. The van der Waals surface area contributed by atoms with Crippen molar-refractivity contribution in [2.24, 2.45) is 0 Å². The van der Waals surface area contributed by atoms with Gasteiger partial charge in [-0.15, -0.1) is 0 Å². The molecule has 2 aromatic rings. The number of Topliss-reactive ketones (excluding diaryl/α,β-unsaturated/α-hetero) is 1. The van der Waals surface area contributed by atoms with Crippen molar-refractivity contribution in [1.29, 1.82) is 0 Å². The summed E-state index contributed by atoms with van der Waals surface area (Å²) in [6.07, 6.45) is 0.588. The zero-order chi connectivity index (χ0) is 19.8. The first-order chi connectivity index (χ1) is 12.8. The molecule has 0 N–H and O–H groups in total. The lowest BCUT2D eigenvalue weighted by Crippen LogP contribution is -2.38. The smallest absolute Gasteiger partial charge is 0.243 e. The summed E-state index contributed by atoms with van der Waals surface area (Å²) < 4.78 is 38.5. The van der Waals surface area contributed by atoms with Crippen molar-refractivity contribution in [3.63, 3.8) is 0 Å². The normalized spacial score (nSPS) is 17.3. The molecule has 27 heavy (non-hydrogen) atoms. The van der Waals surface area contributed by atoms with Crippen LogP contribution in [0.3, 0.4) is 0 Å². The number of benzene rings is 2. The minimum atomic E-state index is -3.68. The number of sulfonamides is 1. The predicted octanol–water partition coefficient (Wildman–Crippen LogP) is 3.21. The summed E-state index contributed by atoms with van der Waals surface area (Å²) in [5, 5.41) is 0. The number of carbonyl (C=O) groups is 1. The summed E-state index contributed by atoms with van der Waals surface area (Å²) in [7, 11) is -0.542. The molecule has 2 aromatic carbocycles. The van der Waals surface area contributed by atoms with Crippen molar-refractivity contribution < 1.29 is 22.7 Å². The third-order valence-corrected chi connectivity index (χ3v) is 6.98. The first-order valence-electron chi connectivity index (χ1n) is 8.67. The lowest BCUT2D eigenvalue weighted by atomic mass is 9.94. The fourth-order valence-corrected chi connectivity index (χ4v) is 5.06. The Labute approximate surface area is 159 Å². The summed E-state index contributed by atoms with van der Waals surface area (Å²) in [6.45, 7) is 3.70. The number of rotatable bonds is 5. The average Bonchev–Trinajstić information content (AvgIpc) is 2.67. The highest BCUT2D eigenvalue weighted by atomic mass is 32.2. The van der Waals surface area contributed by atoms with E-state index in [4.69, 9.17) is 9.47 Å². The Morgan fingerprint density at radius 2 is 1.67 bits per heavy atom. The van der Waals surface area contributed by atoms with Gasteiger partial charge in [-0.2, -0.15) is 4.31 Å². The topological polar surface area (TPSA) is 72.9 Å². The van der Waals surface area contributed by atoms with Crippen LogP contribution in [0.25, 0.3) is 0 Å². The number of carbonyl (C=O) groups excluding carboxylic acids is 1. The summed E-state index contributed by atoms with van der Waals surface area (Å²) in [5.74, 6) is 1.12. The van der Waals surface area contributed by atoms with Crippen LogP contribution in [0.5, 0.6) is 11.5 Å². The monoisotopic (exact) mass is 389 g/mol. The van der Waals surface area contributed by atoms with Crippen LogP contribution in [0.15, 0.2) is 41.3 Å². The van der Waals surface area contributed by atoms with Gasteiger partial charge in [0.05, 0.1) is 19.1 Å². The molecule has 0 aliphatic carbocycles. The second kappa shape index (κ2) is 7.32. The quantitative estimate of drug-likeness (QED) is 0.734. The minimum Gasteiger partial charge on any atom is -0.493 e. The van der Waals surface area contributed by atoms with E-state index in [2.05, 4.69) is 0 Å². The molecule has 3 rings (SSSR count). The van der Waals surface area contributed by atoms with Crippen LogP contribution >= 0.6 is 0 Å². The first kappa shape index (κ1) is 19.4. The highest BCUT2D eigenvalue weighted by Gasteiger charge is 2.34. The maximum absolute atomic E-state index is 13.2. The van der Waals surface area contributed by atoms with E-state index in [-0.39, 0.29) is 16.7 Å². The van der Waals surface area contributed by atoms with E-state index in [1.807, 2.05) is 19.1 Å². The molecule has 0 amide bonds. The molecule has 1 heterocycles. The third-order valence-electron chi connectivity index (χ3n) is 5.00. The molecule has 144 valence electrons. The average molecular weight is 389 g/mol. The highest BCUT2D eigenvalue weighted by Crippen LogP contribution is 2.39. The van der Waals surface area contributed by atoms with Crippen LogP contribution in [0.2, 0.25) is 0 Å².